The number of carbonyl (C=O) groups excluding carboxylic acids is 3. The normalized spacial score (nSPS) is 17.1. The van der Waals surface area contributed by atoms with Crippen molar-refractivity contribution in [3.8, 4) is 5.75 Å². The van der Waals surface area contributed by atoms with Crippen LogP contribution in [0.3, 0.4) is 0 Å². The number of benzene rings is 1. The summed E-state index contributed by atoms with van der Waals surface area (Å²) in [6.07, 6.45) is -0.0408. The zero-order valence-corrected chi connectivity index (χ0v) is 19.6. The molecule has 0 spiro atoms. The maximum atomic E-state index is 13.5. The third kappa shape index (κ3) is 7.67. The van der Waals surface area contributed by atoms with E-state index in [1.807, 2.05) is 0 Å². The zero-order valence-electron chi connectivity index (χ0n) is 17.9. The highest BCUT2D eigenvalue weighted by molar-refractivity contribution is 6.59. The predicted octanol–water partition coefficient (Wildman–Crippen LogP) is 1.76. The SMILES string of the molecule is CNNC(=O)[C@H]1CC[Si](NC(=O)COc2ccc(Cl)c(F)c2)CN1C(=O)OC(C)(C)C. The minimum atomic E-state index is -1.54. The van der Waals surface area contributed by atoms with E-state index in [9.17, 15) is 18.8 Å². The highest BCUT2D eigenvalue weighted by Crippen LogP contribution is 2.22. The molecule has 0 saturated carbocycles. The molecule has 0 aromatic heterocycles. The fourth-order valence-electron chi connectivity index (χ4n) is 2.90. The van der Waals surface area contributed by atoms with Crippen LogP contribution >= 0.6 is 11.6 Å². The van der Waals surface area contributed by atoms with Crippen LogP contribution in [0.1, 0.15) is 27.2 Å². The molecule has 1 aromatic carbocycles. The summed E-state index contributed by atoms with van der Waals surface area (Å²) in [6.45, 7) is 4.90. The molecule has 171 valence electrons. The van der Waals surface area contributed by atoms with Gasteiger partial charge in [0.15, 0.2) is 15.6 Å². The maximum Gasteiger partial charge on any atom is 0.410 e. The van der Waals surface area contributed by atoms with Crippen molar-refractivity contribution >= 4 is 38.5 Å². The van der Waals surface area contributed by atoms with Crippen molar-refractivity contribution in [1.82, 2.24) is 20.7 Å². The van der Waals surface area contributed by atoms with Crippen LogP contribution in [0.15, 0.2) is 18.2 Å². The minimum absolute atomic E-state index is 0.0384. The largest absolute Gasteiger partial charge is 0.484 e. The van der Waals surface area contributed by atoms with E-state index < -0.39 is 38.4 Å². The van der Waals surface area contributed by atoms with Crippen LogP contribution in [0, 0.1) is 5.82 Å². The molecule has 1 fully saturated rings. The average molecular weight is 474 g/mol. The Morgan fingerprint density at radius 1 is 1.32 bits per heavy atom. The highest BCUT2D eigenvalue weighted by Gasteiger charge is 2.39. The molecular formula is C19H27ClFN4O5Si. The highest BCUT2D eigenvalue weighted by atomic mass is 35.5. The molecule has 31 heavy (non-hydrogen) atoms. The van der Waals surface area contributed by atoms with E-state index in [1.54, 1.807) is 27.8 Å². The van der Waals surface area contributed by atoms with Crippen LogP contribution in [-0.4, -0.2) is 63.2 Å². The lowest BCUT2D eigenvalue weighted by molar-refractivity contribution is -0.127. The Hall–Kier alpha value is -2.37. The van der Waals surface area contributed by atoms with Crippen molar-refractivity contribution in [2.75, 3.05) is 19.8 Å². The molecule has 0 bridgehead atoms. The number of rotatable bonds is 6. The third-order valence-electron chi connectivity index (χ3n) is 4.21. The predicted molar refractivity (Wildman–Crippen MR) is 114 cm³/mol. The number of hydrazine groups is 1. The van der Waals surface area contributed by atoms with E-state index in [2.05, 4.69) is 15.8 Å². The van der Waals surface area contributed by atoms with E-state index in [-0.39, 0.29) is 29.5 Å². The Kier molecular flexibility index (Phi) is 8.66. The van der Waals surface area contributed by atoms with Crippen LogP contribution in [0.2, 0.25) is 11.1 Å². The number of nitrogens with one attached hydrogen (secondary N) is 3. The lowest BCUT2D eigenvalue weighted by atomic mass is 10.2. The van der Waals surface area contributed by atoms with E-state index in [0.717, 1.165) is 6.07 Å². The van der Waals surface area contributed by atoms with Gasteiger partial charge in [-0.15, -0.1) is 0 Å². The Labute approximate surface area is 187 Å². The number of carbonyl (C=O) groups is 3. The first kappa shape index (κ1) is 24.9. The molecule has 3 N–H and O–H groups in total. The van der Waals surface area contributed by atoms with E-state index in [4.69, 9.17) is 21.1 Å². The van der Waals surface area contributed by atoms with Gasteiger partial charge in [-0.3, -0.25) is 19.9 Å². The standard InChI is InChI=1S/C19H27ClFN4O5Si/c1-19(2,3)30-18(28)25-11-31(8-7-15(25)17(27)23-22-4)24-16(26)10-29-12-5-6-13(20)14(21)9-12/h5-6,9,15,22H,7-8,10-11H2,1-4H3,(H,23,27)(H,24,26)/t15-/m1/s1. The number of amides is 3. The fraction of sp³-hybridized carbons (Fsp3) is 0.526. The lowest BCUT2D eigenvalue weighted by Gasteiger charge is -2.38. The van der Waals surface area contributed by atoms with E-state index in [0.29, 0.717) is 12.5 Å². The van der Waals surface area contributed by atoms with Gasteiger partial charge in [0.05, 0.1) is 5.02 Å². The third-order valence-corrected chi connectivity index (χ3v) is 6.77. The first-order valence-corrected chi connectivity index (χ1v) is 12.0. The topological polar surface area (TPSA) is 109 Å². The van der Waals surface area contributed by atoms with Gasteiger partial charge in [0, 0.05) is 19.3 Å². The van der Waals surface area contributed by atoms with Crippen molar-refractivity contribution < 1.29 is 28.2 Å². The fourth-order valence-corrected chi connectivity index (χ4v) is 5.23. The summed E-state index contributed by atoms with van der Waals surface area (Å²) >= 11 is 5.62. The summed E-state index contributed by atoms with van der Waals surface area (Å²) in [5, 5.41) is -0.0384. The van der Waals surface area contributed by atoms with Crippen molar-refractivity contribution in [3.63, 3.8) is 0 Å². The summed E-state index contributed by atoms with van der Waals surface area (Å²) < 4.78 is 24.2. The molecule has 2 rings (SSSR count). The lowest BCUT2D eigenvalue weighted by Crippen LogP contribution is -2.61. The second-order valence-corrected chi connectivity index (χ2v) is 10.6. The van der Waals surface area contributed by atoms with Crippen molar-refractivity contribution in [1.29, 1.82) is 0 Å². The smallest absolute Gasteiger partial charge is 0.410 e. The van der Waals surface area contributed by atoms with Gasteiger partial charge >= 0.3 is 6.09 Å². The Balaban J connectivity index is 1.98. The van der Waals surface area contributed by atoms with Crippen molar-refractivity contribution in [3.05, 3.63) is 29.0 Å². The van der Waals surface area contributed by atoms with Gasteiger partial charge in [-0.25, -0.2) is 14.6 Å². The van der Waals surface area contributed by atoms with E-state index in [1.165, 1.54) is 17.0 Å². The molecule has 1 saturated heterocycles. The molecule has 1 radical (unpaired) electrons. The van der Waals surface area contributed by atoms with Crippen LogP contribution in [0.5, 0.6) is 5.75 Å². The first-order valence-electron chi connectivity index (χ1n) is 9.69. The van der Waals surface area contributed by atoms with Gasteiger partial charge in [0.1, 0.15) is 23.2 Å². The van der Waals surface area contributed by atoms with E-state index >= 15 is 0 Å². The van der Waals surface area contributed by atoms with Crippen LogP contribution < -0.4 is 20.6 Å². The number of hydrogen-bond donors (Lipinski definition) is 3. The zero-order chi connectivity index (χ0) is 23.2. The maximum absolute atomic E-state index is 13.5. The molecule has 0 unspecified atom stereocenters. The van der Waals surface area contributed by atoms with Gasteiger partial charge in [-0.05, 0) is 45.4 Å². The summed E-state index contributed by atoms with van der Waals surface area (Å²) in [4.78, 5) is 41.6. The summed E-state index contributed by atoms with van der Waals surface area (Å²) in [5.74, 6) is -1.21. The molecular weight excluding hydrogens is 447 g/mol. The molecule has 1 heterocycles. The minimum Gasteiger partial charge on any atom is -0.484 e. The molecule has 1 atom stereocenters. The summed E-state index contributed by atoms with van der Waals surface area (Å²) in [5.41, 5.74) is 4.33. The van der Waals surface area contributed by atoms with Gasteiger partial charge in [0.2, 0.25) is 5.91 Å². The molecule has 1 aliphatic heterocycles. The second kappa shape index (κ2) is 10.8. The molecule has 12 heteroatoms. The molecule has 3 amide bonds. The molecule has 1 aromatic rings. The van der Waals surface area contributed by atoms with Crippen LogP contribution in [0.4, 0.5) is 9.18 Å². The number of halogens is 2. The Bertz CT molecular complexity index is 823. The number of hydrogen-bond acceptors (Lipinski definition) is 6. The summed E-state index contributed by atoms with van der Waals surface area (Å²) in [7, 11) is 0.0130. The van der Waals surface area contributed by atoms with Gasteiger partial charge in [-0.2, -0.15) is 0 Å². The first-order chi connectivity index (χ1) is 14.5. The average Bonchev–Trinajstić information content (AvgIpc) is 2.67. The quantitative estimate of drug-likeness (QED) is 0.429. The molecule has 0 aliphatic carbocycles. The van der Waals surface area contributed by atoms with Crippen molar-refractivity contribution in [2.45, 2.75) is 44.9 Å². The van der Waals surface area contributed by atoms with Crippen molar-refractivity contribution in [2.24, 2.45) is 0 Å². The Morgan fingerprint density at radius 3 is 2.65 bits per heavy atom. The second-order valence-electron chi connectivity index (χ2n) is 7.92. The molecule has 1 aliphatic rings. The summed E-state index contributed by atoms with van der Waals surface area (Å²) in [6, 6.07) is 3.77. The Morgan fingerprint density at radius 2 is 2.03 bits per heavy atom. The molecule has 9 nitrogen and oxygen atoms in total. The number of nitrogens with zero attached hydrogens (tertiary/aromatic N) is 1. The van der Waals surface area contributed by atoms with Crippen LogP contribution in [-0.2, 0) is 14.3 Å². The van der Waals surface area contributed by atoms with Crippen LogP contribution in [0.25, 0.3) is 0 Å². The van der Waals surface area contributed by atoms with Gasteiger partial charge in [-0.1, -0.05) is 11.6 Å². The monoisotopic (exact) mass is 473 g/mol. The van der Waals surface area contributed by atoms with Gasteiger partial charge in [0.25, 0.3) is 5.91 Å². The van der Waals surface area contributed by atoms with Gasteiger partial charge < -0.3 is 14.5 Å². The number of ether oxygens (including phenoxy) is 2.